The van der Waals surface area contributed by atoms with Crippen LogP contribution in [0.4, 0.5) is 37.3 Å². The zero-order chi connectivity index (χ0) is 28.2. The summed E-state index contributed by atoms with van der Waals surface area (Å²) in [6.07, 6.45) is 4.74. The number of rotatable bonds is 8. The average Bonchev–Trinajstić information content (AvgIpc) is 3.55. The van der Waals surface area contributed by atoms with Crippen LogP contribution in [0.5, 0.6) is 11.5 Å². The quantitative estimate of drug-likeness (QED) is 0.123. The predicted octanol–water partition coefficient (Wildman–Crippen LogP) is 8.17. The third kappa shape index (κ3) is 6.08. The summed E-state index contributed by atoms with van der Waals surface area (Å²) in [5, 5.41) is 4.04. The van der Waals surface area contributed by atoms with Crippen molar-refractivity contribution in [1.82, 2.24) is 14.8 Å². The molecule has 210 valence electrons. The molecule has 0 spiro atoms. The number of halogens is 2. The fourth-order valence-corrected chi connectivity index (χ4v) is 4.38. The van der Waals surface area contributed by atoms with E-state index in [9.17, 15) is 4.39 Å². The second-order valence-corrected chi connectivity index (χ2v) is 9.04. The summed E-state index contributed by atoms with van der Waals surface area (Å²) < 4.78 is 36.9. The van der Waals surface area contributed by atoms with Crippen molar-refractivity contribution in [2.75, 3.05) is 16.8 Å². The van der Waals surface area contributed by atoms with Gasteiger partial charge >= 0.3 is 20.4 Å². The molecule has 0 unspecified atom stereocenters. The summed E-state index contributed by atoms with van der Waals surface area (Å²) in [7, 11) is 1.86. The summed E-state index contributed by atoms with van der Waals surface area (Å²) in [5.41, 5.74) is 3.08. The maximum Gasteiger partial charge on any atom is 2.00 e. The monoisotopic (exact) mass is 649 g/mol. The molecule has 0 amide bonds. The molecule has 6 aromatic rings. The van der Waals surface area contributed by atoms with E-state index in [4.69, 9.17) is 4.74 Å². The number of nitrogens with zero attached hydrogens (tertiary/aromatic N) is 5. The predicted molar refractivity (Wildman–Crippen MR) is 155 cm³/mol. The summed E-state index contributed by atoms with van der Waals surface area (Å²) >= 11 is 0. The van der Waals surface area contributed by atoms with E-state index in [0.29, 0.717) is 11.5 Å². The molecule has 0 saturated heterocycles. The topological polar surface area (TPSA) is 46.4 Å². The molecule has 0 fully saturated rings. The van der Waals surface area contributed by atoms with Crippen molar-refractivity contribution in [1.29, 1.82) is 0 Å². The molecule has 0 aliphatic heterocycles. The SMILES string of the molecule is CN(c1[c-]c(Oc2[c-]c(-n3cccn3)c(F)cc2F)cc(N(c2ccccc2)c2ccccc2)c1)c1ccccn1.[Pd+2]. The van der Waals surface area contributed by atoms with Crippen molar-refractivity contribution in [3.63, 3.8) is 0 Å². The minimum atomic E-state index is -0.903. The van der Waals surface area contributed by atoms with E-state index in [1.807, 2.05) is 96.9 Å². The Balaban J connectivity index is 0.00000353. The van der Waals surface area contributed by atoms with Crippen LogP contribution in [0.15, 0.2) is 122 Å². The zero-order valence-corrected chi connectivity index (χ0v) is 23.8. The van der Waals surface area contributed by atoms with Gasteiger partial charge in [-0.15, -0.1) is 24.3 Å². The van der Waals surface area contributed by atoms with Crippen LogP contribution in [0.3, 0.4) is 0 Å². The summed E-state index contributed by atoms with van der Waals surface area (Å²) in [6, 6.07) is 37.3. The van der Waals surface area contributed by atoms with Crippen molar-refractivity contribution >= 4 is 28.6 Å². The van der Waals surface area contributed by atoms with Crippen molar-refractivity contribution in [3.8, 4) is 17.2 Å². The van der Waals surface area contributed by atoms with Gasteiger partial charge in [0.1, 0.15) is 5.82 Å². The first-order valence-corrected chi connectivity index (χ1v) is 12.8. The van der Waals surface area contributed by atoms with Crippen molar-refractivity contribution in [2.24, 2.45) is 0 Å². The zero-order valence-electron chi connectivity index (χ0n) is 22.3. The number of benzene rings is 4. The summed E-state index contributed by atoms with van der Waals surface area (Å²) in [5.74, 6) is -1.13. The van der Waals surface area contributed by atoms with Crippen LogP contribution < -0.4 is 14.5 Å². The van der Waals surface area contributed by atoms with Crippen LogP contribution >= 0.6 is 0 Å². The molecule has 42 heavy (non-hydrogen) atoms. The van der Waals surface area contributed by atoms with E-state index >= 15 is 4.39 Å². The van der Waals surface area contributed by atoms with Crippen LogP contribution in [-0.2, 0) is 20.4 Å². The normalized spacial score (nSPS) is 10.5. The Kier molecular flexibility index (Phi) is 8.72. The molecule has 6 rings (SSSR count). The Morgan fingerprint density at radius 2 is 1.43 bits per heavy atom. The Morgan fingerprint density at radius 3 is 2.05 bits per heavy atom. The molecule has 2 heterocycles. The van der Waals surface area contributed by atoms with Gasteiger partial charge in [-0.1, -0.05) is 59.9 Å². The van der Waals surface area contributed by atoms with Gasteiger partial charge in [-0.3, -0.25) is 13.5 Å². The van der Waals surface area contributed by atoms with E-state index in [-0.39, 0.29) is 37.6 Å². The standard InChI is InChI=1S/C33H23F2N5O.Pd/c1-38(33-15-8-9-16-36-33)26-19-27(40(24-11-4-2-5-12-24)25-13-6-3-7-14-25)21-28(20-26)41-32-23-31(29(34)22-30(32)35)39-18-10-17-37-39;/h2-19,21-22H,1H3;/q-2;+2. The van der Waals surface area contributed by atoms with E-state index in [1.54, 1.807) is 24.5 Å². The van der Waals surface area contributed by atoms with Crippen LogP contribution in [0.25, 0.3) is 5.69 Å². The van der Waals surface area contributed by atoms with Gasteiger partial charge in [0, 0.05) is 54.3 Å². The number of pyridine rings is 1. The molecule has 0 atom stereocenters. The molecule has 6 nitrogen and oxygen atoms in total. The summed E-state index contributed by atoms with van der Waals surface area (Å²) in [6.45, 7) is 0. The Morgan fingerprint density at radius 1 is 0.738 bits per heavy atom. The number of aromatic nitrogens is 3. The van der Waals surface area contributed by atoms with Crippen molar-refractivity contribution < 1.29 is 33.9 Å². The van der Waals surface area contributed by atoms with Crippen LogP contribution in [-0.4, -0.2) is 21.8 Å². The Labute approximate surface area is 256 Å². The van der Waals surface area contributed by atoms with Gasteiger partial charge in [-0.05, 0) is 48.2 Å². The van der Waals surface area contributed by atoms with Gasteiger partial charge in [0.25, 0.3) is 0 Å². The smallest absolute Gasteiger partial charge is 0.506 e. The van der Waals surface area contributed by atoms with E-state index in [1.165, 1.54) is 10.9 Å². The van der Waals surface area contributed by atoms with Crippen LogP contribution in [0.2, 0.25) is 0 Å². The molecular formula is C33H23F2N5OPd. The molecular weight excluding hydrogens is 627 g/mol. The third-order valence-corrected chi connectivity index (χ3v) is 6.33. The maximum absolute atomic E-state index is 15.0. The molecule has 2 aromatic heterocycles. The first kappa shape index (κ1) is 28.7. The number of para-hydroxylation sites is 2. The number of hydrogen-bond acceptors (Lipinski definition) is 5. The number of ether oxygens (including phenoxy) is 1. The minimum Gasteiger partial charge on any atom is -0.506 e. The molecule has 0 aliphatic carbocycles. The molecule has 0 N–H and O–H groups in total. The fourth-order valence-electron chi connectivity index (χ4n) is 4.38. The molecule has 0 saturated carbocycles. The van der Waals surface area contributed by atoms with Gasteiger partial charge in [-0.2, -0.15) is 5.10 Å². The first-order chi connectivity index (χ1) is 20.1. The average molecular weight is 650 g/mol. The van der Waals surface area contributed by atoms with E-state index in [0.717, 1.165) is 23.1 Å². The molecule has 0 aliphatic rings. The minimum absolute atomic E-state index is 0. The van der Waals surface area contributed by atoms with Gasteiger partial charge in [0.15, 0.2) is 0 Å². The second kappa shape index (κ2) is 12.8. The van der Waals surface area contributed by atoms with Gasteiger partial charge < -0.3 is 14.5 Å². The van der Waals surface area contributed by atoms with E-state index < -0.39 is 11.6 Å². The number of anilines is 5. The van der Waals surface area contributed by atoms with Crippen molar-refractivity contribution in [3.05, 3.63) is 145 Å². The Hall–Kier alpha value is -4.84. The van der Waals surface area contributed by atoms with Gasteiger partial charge in [0.2, 0.25) is 0 Å². The molecule has 0 bridgehead atoms. The first-order valence-electron chi connectivity index (χ1n) is 12.8. The largest absolute Gasteiger partial charge is 2.00 e. The van der Waals surface area contributed by atoms with Gasteiger partial charge in [-0.25, -0.2) is 4.98 Å². The van der Waals surface area contributed by atoms with E-state index in [2.05, 4.69) is 27.1 Å². The van der Waals surface area contributed by atoms with Gasteiger partial charge in [0.05, 0.1) is 5.82 Å². The third-order valence-electron chi connectivity index (χ3n) is 6.33. The van der Waals surface area contributed by atoms with Crippen LogP contribution in [0.1, 0.15) is 0 Å². The Bertz CT molecular complexity index is 1720. The summed E-state index contributed by atoms with van der Waals surface area (Å²) in [4.78, 5) is 8.36. The second-order valence-electron chi connectivity index (χ2n) is 9.04. The van der Waals surface area contributed by atoms with Crippen molar-refractivity contribution in [2.45, 2.75) is 0 Å². The molecule has 4 aromatic carbocycles. The molecule has 9 heteroatoms. The van der Waals surface area contributed by atoms with Crippen LogP contribution in [0, 0.1) is 23.8 Å². The fraction of sp³-hybridized carbons (Fsp3) is 0.0303. The maximum atomic E-state index is 15.0. The number of hydrogen-bond donors (Lipinski definition) is 0. The molecule has 0 radical (unpaired) electrons.